The molecule has 1 fully saturated rings. The summed E-state index contributed by atoms with van der Waals surface area (Å²) >= 11 is 0. The molecular weight excluding hydrogens is 247 g/mol. The molecule has 0 saturated carbocycles. The Morgan fingerprint density at radius 2 is 2.32 bits per heavy atom. The van der Waals surface area contributed by atoms with Crippen LogP contribution in [0.2, 0.25) is 0 Å². The van der Waals surface area contributed by atoms with Crippen molar-refractivity contribution in [1.29, 1.82) is 0 Å². The molecule has 0 radical (unpaired) electrons. The highest BCUT2D eigenvalue weighted by Gasteiger charge is 2.32. The maximum atomic E-state index is 13.3. The zero-order chi connectivity index (χ0) is 13.2. The van der Waals surface area contributed by atoms with E-state index in [-0.39, 0.29) is 18.0 Å². The zero-order valence-corrected chi connectivity index (χ0v) is 10.4. The lowest BCUT2D eigenvalue weighted by atomic mass is 10.0. The van der Waals surface area contributed by atoms with Crippen molar-refractivity contribution in [2.75, 3.05) is 6.54 Å². The van der Waals surface area contributed by atoms with E-state index < -0.39 is 0 Å². The lowest BCUT2D eigenvalue weighted by molar-refractivity contribution is 0.171. The van der Waals surface area contributed by atoms with Crippen molar-refractivity contribution in [3.05, 3.63) is 53.7 Å². The number of hydrogen-bond donors (Lipinski definition) is 1. The van der Waals surface area contributed by atoms with E-state index in [0.717, 1.165) is 11.3 Å². The van der Waals surface area contributed by atoms with Gasteiger partial charge in [0.05, 0.1) is 11.8 Å². The van der Waals surface area contributed by atoms with Crippen molar-refractivity contribution >= 4 is 0 Å². The van der Waals surface area contributed by atoms with E-state index in [0.29, 0.717) is 19.5 Å². The average molecular weight is 262 g/mol. The van der Waals surface area contributed by atoms with Crippen LogP contribution in [0.3, 0.4) is 0 Å². The molecule has 0 amide bonds. The van der Waals surface area contributed by atoms with Gasteiger partial charge in [-0.05, 0) is 24.1 Å². The number of β-amino-alcohol motifs (C(OH)–C–C–N with tert-alkyl or cyclic N) is 1. The highest BCUT2D eigenvalue weighted by atomic mass is 19.1. The number of likely N-dealkylation sites (tertiary alicyclic amines) is 1. The number of halogens is 1. The van der Waals surface area contributed by atoms with Crippen molar-refractivity contribution in [2.45, 2.75) is 25.1 Å². The molecule has 1 aromatic heterocycles. The smallest absolute Gasteiger partial charge is 0.124 e. The minimum atomic E-state index is -0.389. The standard InChI is InChI=1S/C14H15FN2O2/c15-11-3-1-2-10(6-11)14-7-13(18)9-17(14)8-12-4-5-19-16-12/h1-6,13-14,18H,7-9H2. The van der Waals surface area contributed by atoms with Gasteiger partial charge in [0.2, 0.25) is 0 Å². The van der Waals surface area contributed by atoms with Crippen LogP contribution >= 0.6 is 0 Å². The van der Waals surface area contributed by atoms with Crippen molar-refractivity contribution in [3.63, 3.8) is 0 Å². The van der Waals surface area contributed by atoms with Crippen LogP contribution in [0.25, 0.3) is 0 Å². The first kappa shape index (κ1) is 12.3. The molecule has 0 bridgehead atoms. The highest BCUT2D eigenvalue weighted by molar-refractivity contribution is 5.22. The first-order valence-electron chi connectivity index (χ1n) is 6.29. The Labute approximate surface area is 110 Å². The minimum absolute atomic E-state index is 0.0161. The number of aliphatic hydroxyl groups is 1. The van der Waals surface area contributed by atoms with Crippen molar-refractivity contribution in [1.82, 2.24) is 10.1 Å². The van der Waals surface area contributed by atoms with Crippen molar-refractivity contribution in [3.8, 4) is 0 Å². The van der Waals surface area contributed by atoms with Gasteiger partial charge >= 0.3 is 0 Å². The number of benzene rings is 1. The second-order valence-electron chi connectivity index (χ2n) is 4.88. The van der Waals surface area contributed by atoms with Gasteiger partial charge in [-0.1, -0.05) is 17.3 Å². The Morgan fingerprint density at radius 1 is 1.42 bits per heavy atom. The third-order valence-electron chi connectivity index (χ3n) is 3.47. The third kappa shape index (κ3) is 2.67. The third-order valence-corrected chi connectivity index (χ3v) is 3.47. The largest absolute Gasteiger partial charge is 0.392 e. The van der Waals surface area contributed by atoms with Crippen LogP contribution in [0.5, 0.6) is 0 Å². The molecule has 2 atom stereocenters. The lowest BCUT2D eigenvalue weighted by Crippen LogP contribution is -2.24. The Hall–Kier alpha value is -1.72. The molecule has 1 saturated heterocycles. The molecule has 1 aliphatic heterocycles. The fraction of sp³-hybridized carbons (Fsp3) is 0.357. The second kappa shape index (κ2) is 5.11. The first-order chi connectivity index (χ1) is 9.22. The molecule has 2 unspecified atom stereocenters. The molecule has 100 valence electrons. The van der Waals surface area contributed by atoms with Crippen LogP contribution < -0.4 is 0 Å². The molecule has 1 aliphatic rings. The number of nitrogens with zero attached hydrogens (tertiary/aromatic N) is 2. The maximum absolute atomic E-state index is 13.3. The molecule has 0 aliphatic carbocycles. The number of aliphatic hydroxyl groups excluding tert-OH is 1. The SMILES string of the molecule is OC1CC(c2cccc(F)c2)N(Cc2ccon2)C1. The summed E-state index contributed by atoms with van der Waals surface area (Å²) in [6.07, 6.45) is 1.75. The average Bonchev–Trinajstić information content (AvgIpc) is 3.00. The van der Waals surface area contributed by atoms with Crippen LogP contribution in [0.15, 0.2) is 41.1 Å². The summed E-state index contributed by atoms with van der Waals surface area (Å²) in [6.45, 7) is 1.16. The summed E-state index contributed by atoms with van der Waals surface area (Å²) in [5, 5.41) is 13.7. The maximum Gasteiger partial charge on any atom is 0.124 e. The number of aromatic nitrogens is 1. The van der Waals surface area contributed by atoms with Crippen LogP contribution in [0.1, 0.15) is 23.7 Å². The predicted octanol–water partition coefficient (Wildman–Crippen LogP) is 2.12. The molecule has 3 rings (SSSR count). The van der Waals surface area contributed by atoms with Gasteiger partial charge in [-0.2, -0.15) is 0 Å². The Bertz CT molecular complexity index is 544. The van der Waals surface area contributed by atoms with E-state index in [9.17, 15) is 9.50 Å². The first-order valence-corrected chi connectivity index (χ1v) is 6.29. The summed E-state index contributed by atoms with van der Waals surface area (Å²) < 4.78 is 18.1. The van der Waals surface area contributed by atoms with E-state index in [1.165, 1.54) is 18.4 Å². The molecule has 0 spiro atoms. The Balaban J connectivity index is 1.82. The molecule has 4 nitrogen and oxygen atoms in total. The summed E-state index contributed by atoms with van der Waals surface area (Å²) in [5.74, 6) is -0.250. The van der Waals surface area contributed by atoms with Crippen LogP contribution in [0, 0.1) is 5.82 Å². The van der Waals surface area contributed by atoms with Gasteiger partial charge in [0.25, 0.3) is 0 Å². The molecule has 2 heterocycles. The topological polar surface area (TPSA) is 49.5 Å². The van der Waals surface area contributed by atoms with E-state index in [1.807, 2.05) is 6.07 Å². The quantitative estimate of drug-likeness (QED) is 0.920. The summed E-state index contributed by atoms with van der Waals surface area (Å²) in [7, 11) is 0. The minimum Gasteiger partial charge on any atom is -0.392 e. The van der Waals surface area contributed by atoms with Gasteiger partial charge < -0.3 is 9.63 Å². The van der Waals surface area contributed by atoms with Crippen LogP contribution in [-0.2, 0) is 6.54 Å². The van der Waals surface area contributed by atoms with Gasteiger partial charge in [-0.3, -0.25) is 4.90 Å². The molecule has 5 heteroatoms. The van der Waals surface area contributed by atoms with E-state index in [1.54, 1.807) is 12.1 Å². The van der Waals surface area contributed by atoms with E-state index in [2.05, 4.69) is 10.1 Å². The summed E-state index contributed by atoms with van der Waals surface area (Å²) in [6, 6.07) is 8.36. The zero-order valence-electron chi connectivity index (χ0n) is 10.4. The lowest BCUT2D eigenvalue weighted by Gasteiger charge is -2.23. The van der Waals surface area contributed by atoms with E-state index >= 15 is 0 Å². The normalized spacial score (nSPS) is 23.9. The summed E-state index contributed by atoms with van der Waals surface area (Å²) in [5.41, 5.74) is 1.70. The fourth-order valence-corrected chi connectivity index (χ4v) is 2.64. The van der Waals surface area contributed by atoms with Crippen molar-refractivity contribution < 1.29 is 14.0 Å². The van der Waals surface area contributed by atoms with Crippen LogP contribution in [-0.4, -0.2) is 27.8 Å². The molecular formula is C14H15FN2O2. The van der Waals surface area contributed by atoms with Gasteiger partial charge in [-0.15, -0.1) is 0 Å². The monoisotopic (exact) mass is 262 g/mol. The fourth-order valence-electron chi connectivity index (χ4n) is 2.64. The molecule has 2 aromatic rings. The van der Waals surface area contributed by atoms with Gasteiger partial charge in [0, 0.05) is 25.2 Å². The van der Waals surface area contributed by atoms with Gasteiger partial charge in [-0.25, -0.2) is 4.39 Å². The molecule has 19 heavy (non-hydrogen) atoms. The number of rotatable bonds is 3. The van der Waals surface area contributed by atoms with Crippen molar-refractivity contribution in [2.24, 2.45) is 0 Å². The Morgan fingerprint density at radius 3 is 3.05 bits per heavy atom. The highest BCUT2D eigenvalue weighted by Crippen LogP contribution is 2.33. The van der Waals surface area contributed by atoms with Gasteiger partial charge in [0.15, 0.2) is 0 Å². The van der Waals surface area contributed by atoms with Crippen LogP contribution in [0.4, 0.5) is 4.39 Å². The molecule has 1 aromatic carbocycles. The van der Waals surface area contributed by atoms with E-state index in [4.69, 9.17) is 4.52 Å². The predicted molar refractivity (Wildman–Crippen MR) is 66.7 cm³/mol. The Kier molecular flexibility index (Phi) is 3.31. The summed E-state index contributed by atoms with van der Waals surface area (Å²) in [4.78, 5) is 2.09. The number of hydrogen-bond acceptors (Lipinski definition) is 4. The second-order valence-corrected chi connectivity index (χ2v) is 4.88. The molecule has 1 N–H and O–H groups in total. The van der Waals surface area contributed by atoms with Gasteiger partial charge in [0.1, 0.15) is 12.1 Å².